The molecule has 0 spiro atoms. The van der Waals surface area contributed by atoms with Gasteiger partial charge in [-0.05, 0) is 19.3 Å². The Morgan fingerprint density at radius 2 is 2.06 bits per heavy atom. The molecule has 0 aromatic carbocycles. The summed E-state index contributed by atoms with van der Waals surface area (Å²) in [7, 11) is 0. The van der Waals surface area contributed by atoms with E-state index in [1.54, 1.807) is 0 Å². The van der Waals surface area contributed by atoms with Gasteiger partial charge in [-0.15, -0.1) is 0 Å². The normalized spacial score (nSPS) is 24.4. The van der Waals surface area contributed by atoms with Gasteiger partial charge in [0.2, 0.25) is 11.8 Å². The summed E-state index contributed by atoms with van der Waals surface area (Å²) in [6.45, 7) is 6.96. The Morgan fingerprint density at radius 3 is 2.56 bits per heavy atom. The highest BCUT2D eigenvalue weighted by Gasteiger charge is 2.49. The molecule has 104 valence electrons. The van der Waals surface area contributed by atoms with E-state index in [9.17, 15) is 9.59 Å². The van der Waals surface area contributed by atoms with Gasteiger partial charge in [0.1, 0.15) is 0 Å². The molecule has 0 aliphatic carbocycles. The minimum absolute atomic E-state index is 0.00695. The van der Waals surface area contributed by atoms with Crippen molar-refractivity contribution in [3.63, 3.8) is 0 Å². The standard InChI is InChI=1S/C13H23NO4/c1-10(2)13(3)9-11(16)14(12(13)17)5-4-7-18-8-6-15/h10,15H,4-9H2,1-3H3. The van der Waals surface area contributed by atoms with Crippen LogP contribution in [0.5, 0.6) is 0 Å². The first-order valence-corrected chi connectivity index (χ1v) is 6.47. The molecule has 1 fully saturated rings. The van der Waals surface area contributed by atoms with E-state index in [-0.39, 0.29) is 24.3 Å². The number of carbonyl (C=O) groups is 2. The maximum absolute atomic E-state index is 12.2. The monoisotopic (exact) mass is 257 g/mol. The summed E-state index contributed by atoms with van der Waals surface area (Å²) in [5.41, 5.74) is -0.553. The number of aliphatic hydroxyl groups is 1. The summed E-state index contributed by atoms with van der Waals surface area (Å²) in [5.74, 6) is 0.00704. The van der Waals surface area contributed by atoms with Crippen LogP contribution in [0.4, 0.5) is 0 Å². The fourth-order valence-corrected chi connectivity index (χ4v) is 2.08. The first-order chi connectivity index (χ1) is 8.43. The molecule has 0 aromatic heterocycles. The predicted octanol–water partition coefficient (Wildman–Crippen LogP) is 0.807. The SMILES string of the molecule is CC(C)C1(C)CC(=O)N(CCCOCCO)C1=O. The number of hydrogen-bond donors (Lipinski definition) is 1. The average Bonchev–Trinajstić information content (AvgIpc) is 2.53. The van der Waals surface area contributed by atoms with Crippen molar-refractivity contribution in [2.24, 2.45) is 11.3 Å². The molecule has 1 saturated heterocycles. The molecule has 0 saturated carbocycles. The van der Waals surface area contributed by atoms with Gasteiger partial charge in [0, 0.05) is 19.6 Å². The number of rotatable bonds is 7. The second-order valence-corrected chi connectivity index (χ2v) is 5.29. The molecule has 2 amide bonds. The van der Waals surface area contributed by atoms with Crippen LogP contribution < -0.4 is 0 Å². The summed E-state index contributed by atoms with van der Waals surface area (Å²) in [4.78, 5) is 25.4. The summed E-state index contributed by atoms with van der Waals surface area (Å²) >= 11 is 0. The number of nitrogens with zero attached hydrogens (tertiary/aromatic N) is 1. The topological polar surface area (TPSA) is 66.8 Å². The Labute approximate surface area is 108 Å². The number of amides is 2. The minimum Gasteiger partial charge on any atom is -0.394 e. The molecule has 1 aliphatic rings. The number of likely N-dealkylation sites (tertiary alicyclic amines) is 1. The van der Waals surface area contributed by atoms with Crippen molar-refractivity contribution < 1.29 is 19.4 Å². The Kier molecular flexibility index (Phi) is 5.28. The highest BCUT2D eigenvalue weighted by atomic mass is 16.5. The van der Waals surface area contributed by atoms with Gasteiger partial charge in [-0.2, -0.15) is 0 Å². The number of aliphatic hydroxyl groups excluding tert-OH is 1. The van der Waals surface area contributed by atoms with Gasteiger partial charge in [-0.3, -0.25) is 14.5 Å². The zero-order chi connectivity index (χ0) is 13.8. The Bertz CT molecular complexity index is 316. The van der Waals surface area contributed by atoms with E-state index >= 15 is 0 Å². The van der Waals surface area contributed by atoms with E-state index in [0.29, 0.717) is 32.6 Å². The lowest BCUT2D eigenvalue weighted by Gasteiger charge is -2.26. The zero-order valence-corrected chi connectivity index (χ0v) is 11.4. The smallest absolute Gasteiger partial charge is 0.235 e. The van der Waals surface area contributed by atoms with Crippen LogP contribution in [0.2, 0.25) is 0 Å². The molecule has 1 heterocycles. The maximum atomic E-state index is 12.2. The fraction of sp³-hybridized carbons (Fsp3) is 0.846. The highest BCUT2D eigenvalue weighted by molar-refractivity contribution is 6.05. The maximum Gasteiger partial charge on any atom is 0.235 e. The second-order valence-electron chi connectivity index (χ2n) is 5.29. The van der Waals surface area contributed by atoms with Crippen LogP contribution in [0.25, 0.3) is 0 Å². The number of hydrogen-bond acceptors (Lipinski definition) is 4. The van der Waals surface area contributed by atoms with E-state index in [1.165, 1.54) is 4.90 Å². The van der Waals surface area contributed by atoms with Gasteiger partial charge in [0.25, 0.3) is 0 Å². The highest BCUT2D eigenvalue weighted by Crippen LogP contribution is 2.39. The van der Waals surface area contributed by atoms with Crippen LogP contribution in [0.15, 0.2) is 0 Å². The van der Waals surface area contributed by atoms with Crippen molar-refractivity contribution in [2.75, 3.05) is 26.4 Å². The van der Waals surface area contributed by atoms with Crippen LogP contribution >= 0.6 is 0 Å². The van der Waals surface area contributed by atoms with E-state index in [1.807, 2.05) is 20.8 Å². The Hall–Kier alpha value is -0.940. The van der Waals surface area contributed by atoms with E-state index in [4.69, 9.17) is 9.84 Å². The molecular weight excluding hydrogens is 234 g/mol. The molecule has 1 atom stereocenters. The Balaban J connectivity index is 2.47. The lowest BCUT2D eigenvalue weighted by atomic mass is 9.78. The number of carbonyl (C=O) groups excluding carboxylic acids is 2. The van der Waals surface area contributed by atoms with Crippen molar-refractivity contribution >= 4 is 11.8 Å². The summed E-state index contributed by atoms with van der Waals surface area (Å²) < 4.78 is 5.11. The molecule has 0 aromatic rings. The van der Waals surface area contributed by atoms with E-state index in [2.05, 4.69) is 0 Å². The molecule has 5 heteroatoms. The first kappa shape index (κ1) is 15.1. The van der Waals surface area contributed by atoms with Crippen molar-refractivity contribution in [1.29, 1.82) is 0 Å². The zero-order valence-electron chi connectivity index (χ0n) is 11.4. The van der Waals surface area contributed by atoms with Crippen LogP contribution in [0.3, 0.4) is 0 Å². The molecule has 1 rings (SSSR count). The van der Waals surface area contributed by atoms with Crippen molar-refractivity contribution in [1.82, 2.24) is 4.90 Å². The van der Waals surface area contributed by atoms with Crippen LogP contribution in [0.1, 0.15) is 33.6 Å². The van der Waals surface area contributed by atoms with Crippen molar-refractivity contribution in [3.8, 4) is 0 Å². The molecule has 0 radical (unpaired) electrons. The van der Waals surface area contributed by atoms with Crippen molar-refractivity contribution in [2.45, 2.75) is 33.6 Å². The summed E-state index contributed by atoms with van der Waals surface area (Å²) in [5, 5.41) is 8.55. The molecule has 18 heavy (non-hydrogen) atoms. The third kappa shape index (κ3) is 3.09. The first-order valence-electron chi connectivity index (χ1n) is 6.47. The fourth-order valence-electron chi connectivity index (χ4n) is 2.08. The molecule has 1 aliphatic heterocycles. The average molecular weight is 257 g/mol. The van der Waals surface area contributed by atoms with Gasteiger partial charge >= 0.3 is 0 Å². The largest absolute Gasteiger partial charge is 0.394 e. The van der Waals surface area contributed by atoms with Crippen LogP contribution in [-0.2, 0) is 14.3 Å². The van der Waals surface area contributed by atoms with Gasteiger partial charge in [-0.1, -0.05) is 13.8 Å². The summed E-state index contributed by atoms with van der Waals surface area (Å²) in [6.07, 6.45) is 0.923. The lowest BCUT2D eigenvalue weighted by Crippen LogP contribution is -2.37. The molecule has 0 bridgehead atoms. The van der Waals surface area contributed by atoms with Gasteiger partial charge in [0.05, 0.1) is 18.6 Å². The van der Waals surface area contributed by atoms with E-state index in [0.717, 1.165) is 0 Å². The molecule has 1 N–H and O–H groups in total. The van der Waals surface area contributed by atoms with Crippen molar-refractivity contribution in [3.05, 3.63) is 0 Å². The van der Waals surface area contributed by atoms with E-state index < -0.39 is 5.41 Å². The number of imide groups is 1. The predicted molar refractivity (Wildman–Crippen MR) is 66.8 cm³/mol. The molecular formula is C13H23NO4. The van der Waals surface area contributed by atoms with Crippen LogP contribution in [0, 0.1) is 11.3 Å². The Morgan fingerprint density at radius 1 is 1.39 bits per heavy atom. The van der Waals surface area contributed by atoms with Gasteiger partial charge in [0.15, 0.2) is 0 Å². The number of ether oxygens (including phenoxy) is 1. The third-order valence-corrected chi connectivity index (χ3v) is 3.73. The molecule has 1 unspecified atom stereocenters. The summed E-state index contributed by atoms with van der Waals surface area (Å²) in [6, 6.07) is 0. The van der Waals surface area contributed by atoms with Gasteiger partial charge < -0.3 is 9.84 Å². The minimum atomic E-state index is -0.553. The second kappa shape index (κ2) is 6.29. The lowest BCUT2D eigenvalue weighted by molar-refractivity contribution is -0.142. The molecule has 5 nitrogen and oxygen atoms in total. The quantitative estimate of drug-likeness (QED) is 0.541. The van der Waals surface area contributed by atoms with Crippen LogP contribution in [-0.4, -0.2) is 48.2 Å². The third-order valence-electron chi connectivity index (χ3n) is 3.73. The van der Waals surface area contributed by atoms with Gasteiger partial charge in [-0.25, -0.2) is 0 Å².